The molecule has 0 fully saturated rings. The molecule has 200 valence electrons. The zero-order valence-corrected chi connectivity index (χ0v) is 23.9. The molecule has 0 unspecified atom stereocenters. The summed E-state index contributed by atoms with van der Waals surface area (Å²) in [4.78, 5) is 4.30. The zero-order valence-electron chi connectivity index (χ0n) is 23.9. The van der Waals surface area contributed by atoms with Gasteiger partial charge in [0.15, 0.2) is 0 Å². The lowest BCUT2D eigenvalue weighted by atomic mass is 9.85. The lowest BCUT2D eigenvalue weighted by Crippen LogP contribution is -1.91. The number of rotatable bonds is 4. The summed E-state index contributed by atoms with van der Waals surface area (Å²) >= 11 is 0. The van der Waals surface area contributed by atoms with Crippen LogP contribution in [0.25, 0.3) is 76.8 Å². The molecular formula is C41H31N. The molecule has 0 saturated heterocycles. The first-order chi connectivity index (χ1) is 20.8. The first-order valence-electron chi connectivity index (χ1n) is 14.7. The van der Waals surface area contributed by atoms with Crippen molar-refractivity contribution in [3.8, 4) is 44.5 Å². The van der Waals surface area contributed by atoms with Gasteiger partial charge in [-0.15, -0.1) is 0 Å². The Bertz CT molecular complexity index is 1960. The predicted molar refractivity (Wildman–Crippen MR) is 181 cm³/mol. The molecule has 0 bridgehead atoms. The second-order valence-corrected chi connectivity index (χ2v) is 10.4. The van der Waals surface area contributed by atoms with E-state index in [-0.39, 0.29) is 0 Å². The summed E-state index contributed by atoms with van der Waals surface area (Å²) in [6.45, 7) is 4.00. The molecule has 1 heteroatoms. The molecule has 0 radical (unpaired) electrons. The van der Waals surface area contributed by atoms with Crippen molar-refractivity contribution in [3.05, 3.63) is 152 Å². The molecule has 0 aliphatic rings. The van der Waals surface area contributed by atoms with Crippen LogP contribution in [0.3, 0.4) is 0 Å². The van der Waals surface area contributed by atoms with E-state index in [2.05, 4.69) is 138 Å². The fraction of sp³-hybridized carbons (Fsp3) is 0.0488. The highest BCUT2D eigenvalue weighted by molar-refractivity contribution is 6.28. The van der Waals surface area contributed by atoms with Crippen molar-refractivity contribution >= 4 is 32.3 Å². The van der Waals surface area contributed by atoms with Crippen molar-refractivity contribution in [2.45, 2.75) is 13.8 Å². The van der Waals surface area contributed by atoms with Gasteiger partial charge in [0.2, 0.25) is 0 Å². The average molecular weight is 538 g/mol. The van der Waals surface area contributed by atoms with Gasteiger partial charge in [-0.05, 0) is 89.0 Å². The van der Waals surface area contributed by atoms with Crippen LogP contribution in [-0.4, -0.2) is 4.98 Å². The van der Waals surface area contributed by atoms with Crippen LogP contribution in [0.1, 0.15) is 13.8 Å². The third kappa shape index (κ3) is 4.40. The minimum absolute atomic E-state index is 1.13. The highest BCUT2D eigenvalue weighted by Crippen LogP contribution is 2.44. The van der Waals surface area contributed by atoms with E-state index in [1.807, 2.05) is 32.3 Å². The van der Waals surface area contributed by atoms with E-state index in [0.717, 1.165) is 5.56 Å². The number of pyridine rings is 1. The van der Waals surface area contributed by atoms with Gasteiger partial charge < -0.3 is 0 Å². The van der Waals surface area contributed by atoms with E-state index in [0.29, 0.717) is 0 Å². The second-order valence-electron chi connectivity index (χ2n) is 10.4. The molecule has 0 amide bonds. The smallest absolute Gasteiger partial charge is 0.0346 e. The molecular weight excluding hydrogens is 506 g/mol. The van der Waals surface area contributed by atoms with Gasteiger partial charge in [-0.1, -0.05) is 141 Å². The quantitative estimate of drug-likeness (QED) is 0.203. The molecule has 0 aliphatic heterocycles. The van der Waals surface area contributed by atoms with Crippen LogP contribution in [0.4, 0.5) is 0 Å². The Morgan fingerprint density at radius 3 is 1.43 bits per heavy atom. The van der Waals surface area contributed by atoms with Crippen LogP contribution in [0.2, 0.25) is 0 Å². The Morgan fingerprint density at radius 1 is 0.381 bits per heavy atom. The van der Waals surface area contributed by atoms with Gasteiger partial charge in [0, 0.05) is 12.4 Å². The van der Waals surface area contributed by atoms with Crippen molar-refractivity contribution in [1.29, 1.82) is 0 Å². The van der Waals surface area contributed by atoms with Crippen LogP contribution in [-0.2, 0) is 0 Å². The van der Waals surface area contributed by atoms with Gasteiger partial charge in [0.25, 0.3) is 0 Å². The Morgan fingerprint density at radius 2 is 0.881 bits per heavy atom. The van der Waals surface area contributed by atoms with Crippen molar-refractivity contribution < 1.29 is 0 Å². The molecule has 8 aromatic rings. The predicted octanol–water partition coefficient (Wildman–Crippen LogP) is 11.7. The zero-order chi connectivity index (χ0) is 28.5. The number of hydrogen-bond acceptors (Lipinski definition) is 1. The van der Waals surface area contributed by atoms with E-state index in [9.17, 15) is 0 Å². The lowest BCUT2D eigenvalue weighted by molar-refractivity contribution is 1.33. The maximum absolute atomic E-state index is 4.30. The SMILES string of the molecule is CC.c1ccc(-c2ccc(-c3cc(-c4ccc(-c5cccnc5)cc4)c4ccc5cccc6ccc3c4c65)cc2)cc1. The molecule has 0 atom stereocenters. The van der Waals surface area contributed by atoms with E-state index in [1.165, 1.54) is 71.3 Å². The van der Waals surface area contributed by atoms with Gasteiger partial charge >= 0.3 is 0 Å². The molecule has 0 aliphatic carbocycles. The highest BCUT2D eigenvalue weighted by Gasteiger charge is 2.17. The largest absolute Gasteiger partial charge is 0.264 e. The van der Waals surface area contributed by atoms with Crippen LogP contribution in [0.5, 0.6) is 0 Å². The Hall–Kier alpha value is -5.27. The topological polar surface area (TPSA) is 12.9 Å². The van der Waals surface area contributed by atoms with Crippen molar-refractivity contribution in [3.63, 3.8) is 0 Å². The molecule has 0 N–H and O–H groups in total. The van der Waals surface area contributed by atoms with Gasteiger partial charge in [0.1, 0.15) is 0 Å². The number of aromatic nitrogens is 1. The third-order valence-electron chi connectivity index (χ3n) is 8.14. The van der Waals surface area contributed by atoms with Gasteiger partial charge in [0.05, 0.1) is 0 Å². The summed E-state index contributed by atoms with van der Waals surface area (Å²) < 4.78 is 0. The molecule has 42 heavy (non-hydrogen) atoms. The Kier molecular flexibility index (Phi) is 6.70. The standard InChI is InChI=1S/C39H25N.C2H6/c1-2-6-26(7-3-1)27-11-15-29(16-12-27)36-24-37(30-17-13-28(14-18-30)33-10-5-23-40-25-33)35-22-20-32-9-4-8-31-19-21-34(36)39(35)38(31)32;1-2/h1-25H;1-2H3. The van der Waals surface area contributed by atoms with Gasteiger partial charge in [-0.25, -0.2) is 0 Å². The molecule has 7 aromatic carbocycles. The van der Waals surface area contributed by atoms with E-state index < -0.39 is 0 Å². The molecule has 1 nitrogen and oxygen atoms in total. The summed E-state index contributed by atoms with van der Waals surface area (Å²) in [5, 5.41) is 7.83. The summed E-state index contributed by atoms with van der Waals surface area (Å²) in [5.74, 6) is 0. The van der Waals surface area contributed by atoms with Crippen LogP contribution >= 0.6 is 0 Å². The van der Waals surface area contributed by atoms with E-state index in [4.69, 9.17) is 0 Å². The van der Waals surface area contributed by atoms with Gasteiger partial charge in [-0.2, -0.15) is 0 Å². The average Bonchev–Trinajstić information content (AvgIpc) is 3.09. The van der Waals surface area contributed by atoms with Crippen molar-refractivity contribution in [1.82, 2.24) is 4.98 Å². The Balaban J connectivity index is 0.00000141. The van der Waals surface area contributed by atoms with E-state index in [1.54, 1.807) is 0 Å². The van der Waals surface area contributed by atoms with Crippen LogP contribution in [0, 0.1) is 0 Å². The third-order valence-corrected chi connectivity index (χ3v) is 8.14. The molecule has 0 saturated carbocycles. The van der Waals surface area contributed by atoms with Crippen molar-refractivity contribution in [2.24, 2.45) is 0 Å². The summed E-state index contributed by atoms with van der Waals surface area (Å²) in [7, 11) is 0. The monoisotopic (exact) mass is 537 g/mol. The minimum Gasteiger partial charge on any atom is -0.264 e. The number of benzene rings is 7. The minimum atomic E-state index is 1.13. The number of nitrogens with zero attached hydrogens (tertiary/aromatic N) is 1. The van der Waals surface area contributed by atoms with Gasteiger partial charge in [-0.3, -0.25) is 4.98 Å². The Labute approximate surface area is 247 Å². The molecule has 1 aromatic heterocycles. The molecule has 1 heterocycles. The normalized spacial score (nSPS) is 11.1. The van der Waals surface area contributed by atoms with E-state index >= 15 is 0 Å². The summed E-state index contributed by atoms with van der Waals surface area (Å²) in [5.41, 5.74) is 9.72. The fourth-order valence-electron chi connectivity index (χ4n) is 6.16. The number of hydrogen-bond donors (Lipinski definition) is 0. The summed E-state index contributed by atoms with van der Waals surface area (Å²) in [6, 6.07) is 50.7. The first kappa shape index (κ1) is 25.7. The lowest BCUT2D eigenvalue weighted by Gasteiger charge is -2.18. The maximum Gasteiger partial charge on any atom is 0.0346 e. The van der Waals surface area contributed by atoms with Crippen LogP contribution in [0.15, 0.2) is 152 Å². The van der Waals surface area contributed by atoms with Crippen molar-refractivity contribution in [2.75, 3.05) is 0 Å². The fourth-order valence-corrected chi connectivity index (χ4v) is 6.16. The highest BCUT2D eigenvalue weighted by atomic mass is 14.6. The first-order valence-corrected chi connectivity index (χ1v) is 14.7. The maximum atomic E-state index is 4.30. The summed E-state index contributed by atoms with van der Waals surface area (Å²) in [6.07, 6.45) is 3.74. The molecule has 8 rings (SSSR count). The van der Waals surface area contributed by atoms with Crippen LogP contribution < -0.4 is 0 Å². The molecule has 0 spiro atoms. The second kappa shape index (κ2) is 11.0.